The number of hydrogen-bond donors (Lipinski definition) is 2. The third-order valence-corrected chi connectivity index (χ3v) is 4.20. The van der Waals surface area contributed by atoms with Crippen molar-refractivity contribution in [3.8, 4) is 17.2 Å². The summed E-state index contributed by atoms with van der Waals surface area (Å²) in [6, 6.07) is 14.0. The molecule has 0 atom stereocenters. The molecule has 0 fully saturated rings. The van der Waals surface area contributed by atoms with Gasteiger partial charge in [0.1, 0.15) is 12.7 Å². The minimum atomic E-state index is 0. The maximum Gasteiger partial charge on any atom is 0.231 e. The molecule has 8 nitrogen and oxygen atoms in total. The van der Waals surface area contributed by atoms with Crippen molar-refractivity contribution in [3.05, 3.63) is 66.2 Å². The average molecular weight is 492 g/mol. The Morgan fingerprint density at radius 2 is 1.75 bits per heavy atom. The molecule has 1 aliphatic heterocycles. The molecular formula is C19H21IN6O2. The second-order valence-corrected chi connectivity index (χ2v) is 5.97. The van der Waals surface area contributed by atoms with Crippen molar-refractivity contribution in [2.45, 2.75) is 13.1 Å². The van der Waals surface area contributed by atoms with Crippen LogP contribution in [0.1, 0.15) is 11.1 Å². The summed E-state index contributed by atoms with van der Waals surface area (Å²) in [5, 5.41) is 10.7. The Bertz CT molecular complexity index is 928. The Kier molecular flexibility index (Phi) is 6.69. The summed E-state index contributed by atoms with van der Waals surface area (Å²) in [7, 11) is 1.75. The van der Waals surface area contributed by atoms with Crippen molar-refractivity contribution in [2.75, 3.05) is 13.8 Å². The summed E-state index contributed by atoms with van der Waals surface area (Å²) >= 11 is 0. The second kappa shape index (κ2) is 9.40. The molecule has 0 aliphatic carbocycles. The first-order valence-electron chi connectivity index (χ1n) is 8.59. The first kappa shape index (κ1) is 19.9. The van der Waals surface area contributed by atoms with Crippen LogP contribution in [0.4, 0.5) is 0 Å². The molecule has 0 spiro atoms. The maximum atomic E-state index is 5.41. The molecule has 0 radical (unpaired) electrons. The summed E-state index contributed by atoms with van der Waals surface area (Å²) in [6.45, 7) is 1.59. The molecular weight excluding hydrogens is 471 g/mol. The van der Waals surface area contributed by atoms with Gasteiger partial charge in [-0.1, -0.05) is 18.2 Å². The van der Waals surface area contributed by atoms with Gasteiger partial charge in [0.05, 0.1) is 5.69 Å². The van der Waals surface area contributed by atoms with Crippen LogP contribution in [0.2, 0.25) is 0 Å². The van der Waals surface area contributed by atoms with Gasteiger partial charge in [0.25, 0.3) is 0 Å². The van der Waals surface area contributed by atoms with Gasteiger partial charge in [-0.2, -0.15) is 5.10 Å². The van der Waals surface area contributed by atoms with E-state index < -0.39 is 0 Å². The molecule has 146 valence electrons. The minimum Gasteiger partial charge on any atom is -0.454 e. The van der Waals surface area contributed by atoms with E-state index in [-0.39, 0.29) is 30.8 Å². The highest BCUT2D eigenvalue weighted by atomic mass is 127. The number of nitrogens with one attached hydrogen (secondary N) is 2. The van der Waals surface area contributed by atoms with E-state index in [1.165, 1.54) is 6.33 Å². The zero-order chi connectivity index (χ0) is 18.5. The molecule has 0 saturated carbocycles. The quantitative estimate of drug-likeness (QED) is 0.324. The topological polar surface area (TPSA) is 85.6 Å². The zero-order valence-electron chi connectivity index (χ0n) is 15.3. The molecule has 3 aromatic rings. The number of ether oxygens (including phenoxy) is 2. The lowest BCUT2D eigenvalue weighted by molar-refractivity contribution is 0.174. The molecule has 28 heavy (non-hydrogen) atoms. The number of fused-ring (bicyclic) bond motifs is 1. The van der Waals surface area contributed by atoms with Gasteiger partial charge in [-0.15, -0.1) is 24.0 Å². The number of guanidine groups is 1. The van der Waals surface area contributed by atoms with Gasteiger partial charge < -0.3 is 20.1 Å². The fraction of sp³-hybridized carbons (Fsp3) is 0.211. The number of rotatable bonds is 5. The van der Waals surface area contributed by atoms with Crippen LogP contribution in [0.15, 0.2) is 60.1 Å². The summed E-state index contributed by atoms with van der Waals surface area (Å²) in [6.07, 6.45) is 3.19. The van der Waals surface area contributed by atoms with Crippen LogP contribution >= 0.6 is 24.0 Å². The van der Waals surface area contributed by atoms with Crippen molar-refractivity contribution in [2.24, 2.45) is 4.99 Å². The number of halogens is 1. The van der Waals surface area contributed by atoms with Gasteiger partial charge in [0.15, 0.2) is 17.5 Å². The Labute approximate surface area is 180 Å². The summed E-state index contributed by atoms with van der Waals surface area (Å²) < 4.78 is 12.5. The normalized spacial score (nSPS) is 12.4. The lowest BCUT2D eigenvalue weighted by Gasteiger charge is -2.12. The van der Waals surface area contributed by atoms with Crippen LogP contribution in [0.5, 0.6) is 11.5 Å². The van der Waals surface area contributed by atoms with Crippen molar-refractivity contribution < 1.29 is 9.47 Å². The monoisotopic (exact) mass is 492 g/mol. The summed E-state index contributed by atoms with van der Waals surface area (Å²) in [4.78, 5) is 8.22. The molecule has 1 aromatic heterocycles. The molecule has 0 unspecified atom stereocenters. The number of benzene rings is 2. The molecule has 2 heterocycles. The Hall–Kier alpha value is -2.82. The molecule has 9 heteroatoms. The van der Waals surface area contributed by atoms with Crippen molar-refractivity contribution in [1.29, 1.82) is 0 Å². The number of hydrogen-bond acceptors (Lipinski definition) is 5. The first-order valence-corrected chi connectivity index (χ1v) is 8.59. The molecule has 0 bridgehead atoms. The lowest BCUT2D eigenvalue weighted by atomic mass is 10.2. The number of aliphatic imine (C=N–C) groups is 1. The third-order valence-electron chi connectivity index (χ3n) is 4.20. The van der Waals surface area contributed by atoms with E-state index in [0.717, 1.165) is 34.3 Å². The Morgan fingerprint density at radius 3 is 2.46 bits per heavy atom. The van der Waals surface area contributed by atoms with Gasteiger partial charge in [0, 0.05) is 20.1 Å². The SMILES string of the molecule is CN=C(NCc1ccc(-n2cncn2)cc1)NCc1ccc2c(c1)OCO2.I. The van der Waals surface area contributed by atoms with Gasteiger partial charge in [0.2, 0.25) is 6.79 Å². The average Bonchev–Trinajstić information content (AvgIpc) is 3.40. The van der Waals surface area contributed by atoms with E-state index in [0.29, 0.717) is 13.1 Å². The van der Waals surface area contributed by atoms with Crippen molar-refractivity contribution >= 4 is 29.9 Å². The molecule has 2 aromatic carbocycles. The van der Waals surface area contributed by atoms with E-state index in [1.807, 2.05) is 30.3 Å². The van der Waals surface area contributed by atoms with Gasteiger partial charge in [-0.25, -0.2) is 9.67 Å². The standard InChI is InChI=1S/C19H20N6O2.HI/c1-20-19(23-10-15-4-7-17-18(8-15)27-13-26-17)22-9-14-2-5-16(6-3-14)25-12-21-11-24-25;/h2-8,11-12H,9-10,13H2,1H3,(H2,20,22,23);1H. The fourth-order valence-corrected chi connectivity index (χ4v) is 2.75. The molecule has 2 N–H and O–H groups in total. The highest BCUT2D eigenvalue weighted by Gasteiger charge is 2.13. The van der Waals surface area contributed by atoms with Crippen molar-refractivity contribution in [3.63, 3.8) is 0 Å². The summed E-state index contributed by atoms with van der Waals surface area (Å²) in [5.41, 5.74) is 3.21. The van der Waals surface area contributed by atoms with Crippen LogP contribution in [0, 0.1) is 0 Å². The van der Waals surface area contributed by atoms with E-state index in [2.05, 4.69) is 37.8 Å². The van der Waals surface area contributed by atoms with E-state index >= 15 is 0 Å². The van der Waals surface area contributed by atoms with Crippen LogP contribution in [0.3, 0.4) is 0 Å². The third kappa shape index (κ3) is 4.71. The van der Waals surface area contributed by atoms with Crippen LogP contribution < -0.4 is 20.1 Å². The lowest BCUT2D eigenvalue weighted by Crippen LogP contribution is -2.36. The van der Waals surface area contributed by atoms with Crippen LogP contribution in [0.25, 0.3) is 5.69 Å². The largest absolute Gasteiger partial charge is 0.454 e. The predicted molar refractivity (Wildman–Crippen MR) is 116 cm³/mol. The predicted octanol–water partition coefficient (Wildman–Crippen LogP) is 2.48. The van der Waals surface area contributed by atoms with Crippen LogP contribution in [-0.4, -0.2) is 34.6 Å². The Morgan fingerprint density at radius 1 is 1.04 bits per heavy atom. The Balaban J connectivity index is 0.00000225. The van der Waals surface area contributed by atoms with E-state index in [4.69, 9.17) is 9.47 Å². The smallest absolute Gasteiger partial charge is 0.231 e. The first-order chi connectivity index (χ1) is 13.3. The van der Waals surface area contributed by atoms with Crippen LogP contribution in [-0.2, 0) is 13.1 Å². The molecule has 0 saturated heterocycles. The second-order valence-electron chi connectivity index (χ2n) is 5.97. The summed E-state index contributed by atoms with van der Waals surface area (Å²) in [5.74, 6) is 2.30. The fourth-order valence-electron chi connectivity index (χ4n) is 2.75. The van der Waals surface area contributed by atoms with Crippen molar-refractivity contribution in [1.82, 2.24) is 25.4 Å². The van der Waals surface area contributed by atoms with E-state index in [9.17, 15) is 0 Å². The van der Waals surface area contributed by atoms with Gasteiger partial charge >= 0.3 is 0 Å². The number of nitrogens with zero attached hydrogens (tertiary/aromatic N) is 4. The van der Waals surface area contributed by atoms with E-state index in [1.54, 1.807) is 18.1 Å². The molecule has 0 amide bonds. The highest BCUT2D eigenvalue weighted by molar-refractivity contribution is 14.0. The maximum absolute atomic E-state index is 5.41. The van der Waals surface area contributed by atoms with Gasteiger partial charge in [-0.05, 0) is 35.4 Å². The zero-order valence-corrected chi connectivity index (χ0v) is 17.7. The molecule has 1 aliphatic rings. The highest BCUT2D eigenvalue weighted by Crippen LogP contribution is 2.32. The minimum absolute atomic E-state index is 0. The number of aromatic nitrogens is 3. The van der Waals surface area contributed by atoms with Gasteiger partial charge in [-0.3, -0.25) is 4.99 Å². The molecule has 4 rings (SSSR count).